The molecule has 0 spiro atoms. The van der Waals surface area contributed by atoms with Gasteiger partial charge >= 0.3 is 5.97 Å². The first-order chi connectivity index (χ1) is 4.63. The number of hydrogen-bond donors (Lipinski definition) is 1. The van der Waals surface area contributed by atoms with E-state index in [1.807, 2.05) is 0 Å². The first kappa shape index (κ1) is 8.94. The Hall–Kier alpha value is -1.06. The molecule has 0 aromatic carbocycles. The molecular formula is C6H9FO3. The van der Waals surface area contributed by atoms with Crippen LogP contribution in [0.1, 0.15) is 13.3 Å². The SMILES string of the molecule is CCC(OC)=C(F)C(=O)O. The van der Waals surface area contributed by atoms with Crippen LogP contribution in [0.2, 0.25) is 0 Å². The van der Waals surface area contributed by atoms with Crippen LogP contribution in [0.25, 0.3) is 0 Å². The maximum absolute atomic E-state index is 12.3. The Kier molecular flexibility index (Phi) is 3.46. The first-order valence-corrected chi connectivity index (χ1v) is 2.79. The molecule has 0 amide bonds. The van der Waals surface area contributed by atoms with Crippen LogP contribution in [-0.4, -0.2) is 18.2 Å². The highest BCUT2D eigenvalue weighted by Gasteiger charge is 2.12. The van der Waals surface area contributed by atoms with Gasteiger partial charge in [-0.3, -0.25) is 0 Å². The van der Waals surface area contributed by atoms with E-state index in [-0.39, 0.29) is 12.2 Å². The van der Waals surface area contributed by atoms with E-state index in [1.54, 1.807) is 6.92 Å². The van der Waals surface area contributed by atoms with Crippen molar-refractivity contribution in [2.24, 2.45) is 0 Å². The zero-order valence-corrected chi connectivity index (χ0v) is 5.85. The molecule has 0 aliphatic heterocycles. The van der Waals surface area contributed by atoms with Crippen molar-refractivity contribution in [1.29, 1.82) is 0 Å². The second kappa shape index (κ2) is 3.87. The minimum absolute atomic E-state index is 0.132. The molecule has 4 heteroatoms. The smallest absolute Gasteiger partial charge is 0.368 e. The topological polar surface area (TPSA) is 46.5 Å². The highest BCUT2D eigenvalue weighted by molar-refractivity contribution is 5.84. The standard InChI is InChI=1S/C6H9FO3/c1-3-4(10-2)5(7)6(8)9/h3H2,1-2H3,(H,8,9). The monoisotopic (exact) mass is 148 g/mol. The molecule has 0 radical (unpaired) electrons. The third-order valence-corrected chi connectivity index (χ3v) is 1.00. The van der Waals surface area contributed by atoms with Gasteiger partial charge in [0, 0.05) is 6.42 Å². The van der Waals surface area contributed by atoms with Crippen LogP contribution in [0.5, 0.6) is 0 Å². The Balaban J connectivity index is 4.43. The van der Waals surface area contributed by atoms with E-state index in [9.17, 15) is 9.18 Å². The van der Waals surface area contributed by atoms with Crippen LogP contribution in [0.3, 0.4) is 0 Å². The maximum Gasteiger partial charge on any atom is 0.368 e. The summed E-state index contributed by atoms with van der Waals surface area (Å²) in [6.45, 7) is 1.61. The molecule has 0 fully saturated rings. The molecule has 0 rings (SSSR count). The summed E-state index contributed by atoms with van der Waals surface area (Å²) < 4.78 is 16.8. The number of carboxylic acid groups (broad SMARTS) is 1. The fourth-order valence-corrected chi connectivity index (χ4v) is 0.508. The van der Waals surface area contributed by atoms with Crippen LogP contribution in [-0.2, 0) is 9.53 Å². The minimum atomic E-state index is -1.58. The van der Waals surface area contributed by atoms with Gasteiger partial charge in [-0.2, -0.15) is 4.39 Å². The maximum atomic E-state index is 12.3. The Morgan fingerprint density at radius 2 is 2.20 bits per heavy atom. The molecule has 0 aliphatic rings. The van der Waals surface area contributed by atoms with Gasteiger partial charge in [0.05, 0.1) is 7.11 Å². The van der Waals surface area contributed by atoms with E-state index in [2.05, 4.69) is 4.74 Å². The van der Waals surface area contributed by atoms with E-state index in [1.165, 1.54) is 7.11 Å². The van der Waals surface area contributed by atoms with Crippen molar-refractivity contribution in [3.8, 4) is 0 Å². The number of halogens is 1. The fourth-order valence-electron chi connectivity index (χ4n) is 0.508. The van der Waals surface area contributed by atoms with Gasteiger partial charge in [0.25, 0.3) is 0 Å². The van der Waals surface area contributed by atoms with Gasteiger partial charge in [-0.05, 0) is 0 Å². The molecule has 10 heavy (non-hydrogen) atoms. The summed E-state index contributed by atoms with van der Waals surface area (Å²) in [5, 5.41) is 8.10. The lowest BCUT2D eigenvalue weighted by molar-refractivity contribution is -0.134. The zero-order chi connectivity index (χ0) is 8.15. The second-order valence-corrected chi connectivity index (χ2v) is 1.60. The van der Waals surface area contributed by atoms with Gasteiger partial charge in [0.15, 0.2) is 0 Å². The van der Waals surface area contributed by atoms with E-state index >= 15 is 0 Å². The van der Waals surface area contributed by atoms with E-state index in [0.717, 1.165) is 0 Å². The summed E-state index contributed by atoms with van der Waals surface area (Å²) in [6.07, 6.45) is 0.245. The molecule has 1 N–H and O–H groups in total. The number of carboxylic acids is 1. The number of carbonyl (C=O) groups is 1. The lowest BCUT2D eigenvalue weighted by atomic mass is 10.3. The van der Waals surface area contributed by atoms with Crippen molar-refractivity contribution in [2.75, 3.05) is 7.11 Å². The molecule has 0 bridgehead atoms. The van der Waals surface area contributed by atoms with Gasteiger partial charge in [0.2, 0.25) is 5.83 Å². The lowest BCUT2D eigenvalue weighted by Crippen LogP contribution is -2.00. The van der Waals surface area contributed by atoms with E-state index in [4.69, 9.17) is 5.11 Å². The third-order valence-electron chi connectivity index (χ3n) is 1.00. The van der Waals surface area contributed by atoms with Crippen molar-refractivity contribution in [3.63, 3.8) is 0 Å². The van der Waals surface area contributed by atoms with Crippen molar-refractivity contribution >= 4 is 5.97 Å². The molecule has 0 unspecified atom stereocenters. The zero-order valence-electron chi connectivity index (χ0n) is 5.85. The lowest BCUT2D eigenvalue weighted by Gasteiger charge is -2.00. The van der Waals surface area contributed by atoms with Crippen molar-refractivity contribution in [2.45, 2.75) is 13.3 Å². The van der Waals surface area contributed by atoms with Gasteiger partial charge in [-0.15, -0.1) is 0 Å². The largest absolute Gasteiger partial charge is 0.498 e. The summed E-state index contributed by atoms with van der Waals surface area (Å²) in [6, 6.07) is 0. The number of aliphatic carboxylic acids is 1. The van der Waals surface area contributed by atoms with Crippen molar-refractivity contribution in [1.82, 2.24) is 0 Å². The predicted octanol–water partition coefficient (Wildman–Crippen LogP) is 1.31. The van der Waals surface area contributed by atoms with Crippen LogP contribution in [0.4, 0.5) is 4.39 Å². The Morgan fingerprint density at radius 1 is 1.70 bits per heavy atom. The first-order valence-electron chi connectivity index (χ1n) is 2.79. The molecular weight excluding hydrogens is 139 g/mol. The normalized spacial score (nSPS) is 12.3. The quantitative estimate of drug-likeness (QED) is 0.484. The summed E-state index contributed by atoms with van der Waals surface area (Å²) in [4.78, 5) is 9.95. The average molecular weight is 148 g/mol. The Labute approximate surface area is 58.1 Å². The molecule has 0 saturated heterocycles. The highest BCUT2D eigenvalue weighted by atomic mass is 19.1. The van der Waals surface area contributed by atoms with Gasteiger partial charge < -0.3 is 9.84 Å². The molecule has 58 valence electrons. The number of methoxy groups -OCH3 is 1. The summed E-state index contributed by atoms with van der Waals surface area (Å²) in [5.41, 5.74) is 0. The third kappa shape index (κ3) is 2.05. The second-order valence-electron chi connectivity index (χ2n) is 1.60. The molecule has 0 saturated carbocycles. The van der Waals surface area contributed by atoms with Gasteiger partial charge in [-0.25, -0.2) is 4.79 Å². The number of allylic oxidation sites excluding steroid dienone is 1. The molecule has 3 nitrogen and oxygen atoms in total. The van der Waals surface area contributed by atoms with Crippen LogP contribution in [0, 0.1) is 0 Å². The Bertz CT molecular complexity index is 156. The summed E-state index contributed by atoms with van der Waals surface area (Å²) in [7, 11) is 1.24. The minimum Gasteiger partial charge on any atom is -0.498 e. The fraction of sp³-hybridized carbons (Fsp3) is 0.500. The number of hydrogen-bond acceptors (Lipinski definition) is 2. The predicted molar refractivity (Wildman–Crippen MR) is 33.1 cm³/mol. The van der Waals surface area contributed by atoms with Crippen LogP contribution < -0.4 is 0 Å². The Morgan fingerprint density at radius 3 is 2.30 bits per heavy atom. The molecule has 0 aromatic rings. The van der Waals surface area contributed by atoms with Gasteiger partial charge in [0.1, 0.15) is 5.76 Å². The molecule has 0 aliphatic carbocycles. The molecule has 0 heterocycles. The summed E-state index contributed by atoms with van der Waals surface area (Å²) >= 11 is 0. The average Bonchev–Trinajstić information content (AvgIpc) is 1.90. The van der Waals surface area contributed by atoms with E-state index < -0.39 is 11.8 Å². The molecule has 0 atom stereocenters. The number of ether oxygens (including phenoxy) is 1. The van der Waals surface area contributed by atoms with E-state index in [0.29, 0.717) is 0 Å². The highest BCUT2D eigenvalue weighted by Crippen LogP contribution is 2.10. The summed E-state index contributed by atoms with van der Waals surface area (Å²) in [5.74, 6) is -2.93. The van der Waals surface area contributed by atoms with Gasteiger partial charge in [-0.1, -0.05) is 6.92 Å². The number of rotatable bonds is 3. The van der Waals surface area contributed by atoms with Crippen LogP contribution >= 0.6 is 0 Å². The molecule has 0 aromatic heterocycles. The van der Waals surface area contributed by atoms with Crippen molar-refractivity contribution in [3.05, 3.63) is 11.6 Å². The van der Waals surface area contributed by atoms with Crippen molar-refractivity contribution < 1.29 is 19.0 Å². The van der Waals surface area contributed by atoms with Crippen LogP contribution in [0.15, 0.2) is 11.6 Å².